The Hall–Kier alpha value is -2.57. The maximum absolute atomic E-state index is 12.4. The average molecular weight is 360 g/mol. The monoisotopic (exact) mass is 360 g/mol. The van der Waals surface area contributed by atoms with Crippen LogP contribution in [0.2, 0.25) is 0 Å². The number of carboxylic acids is 1. The molecule has 1 saturated carbocycles. The number of nitrogens with one attached hydrogen (secondary N) is 1. The first-order chi connectivity index (χ1) is 12.5. The third-order valence-corrected chi connectivity index (χ3v) is 5.08. The first kappa shape index (κ1) is 18.2. The number of hydrogen-bond donors (Lipinski definition) is 2. The number of carboxylic acid groups (broad SMARTS) is 1. The largest absolute Gasteiger partial charge is 0.481 e. The molecule has 3 rings (SSSR count). The highest BCUT2D eigenvalue weighted by molar-refractivity contribution is 6.00. The van der Waals surface area contributed by atoms with Gasteiger partial charge in [-0.3, -0.25) is 14.4 Å². The zero-order valence-corrected chi connectivity index (χ0v) is 14.8. The predicted octanol–water partition coefficient (Wildman–Crippen LogP) is 1.95. The Morgan fingerprint density at radius 2 is 1.92 bits per heavy atom. The fraction of sp³-hybridized carbons (Fsp3) is 0.526. The third-order valence-electron chi connectivity index (χ3n) is 5.08. The molecule has 0 bridgehead atoms. The minimum atomic E-state index is -0.756. The molecule has 1 fully saturated rings. The number of carbonyl (C=O) groups is 3. The van der Waals surface area contributed by atoms with Crippen LogP contribution in [0.4, 0.5) is 5.69 Å². The summed E-state index contributed by atoms with van der Waals surface area (Å²) in [7, 11) is 0. The van der Waals surface area contributed by atoms with Crippen molar-refractivity contribution in [2.75, 3.05) is 11.4 Å². The minimum Gasteiger partial charge on any atom is -0.481 e. The lowest BCUT2D eigenvalue weighted by atomic mass is 9.86. The first-order valence-electron chi connectivity index (χ1n) is 9.05. The molecule has 1 aromatic carbocycles. The number of rotatable bonds is 5. The molecule has 1 heterocycles. The van der Waals surface area contributed by atoms with Gasteiger partial charge in [-0.25, -0.2) is 0 Å². The van der Waals surface area contributed by atoms with Gasteiger partial charge >= 0.3 is 5.97 Å². The maximum atomic E-state index is 12.4. The van der Waals surface area contributed by atoms with Crippen molar-refractivity contribution in [3.63, 3.8) is 0 Å². The molecule has 2 aliphatic rings. The van der Waals surface area contributed by atoms with Gasteiger partial charge in [0.05, 0.1) is 11.6 Å². The van der Waals surface area contributed by atoms with E-state index in [9.17, 15) is 14.4 Å². The van der Waals surface area contributed by atoms with Gasteiger partial charge in [0.1, 0.15) is 5.75 Å². The standard InChI is InChI=1S/C19H24N2O5/c1-12-18(23)21(15-4-2-3-5-16(15)26-12)11-10-17(22)20-14-8-6-13(7-9-14)19(24)25/h2-5,12-14H,6-11H2,1H3,(H,20,22)(H,24,25)/t12-,13?,14?/m0/s1. The number of hydrogen-bond acceptors (Lipinski definition) is 4. The second-order valence-corrected chi connectivity index (χ2v) is 6.92. The summed E-state index contributed by atoms with van der Waals surface area (Å²) < 4.78 is 5.59. The molecular weight excluding hydrogens is 336 g/mol. The molecule has 2 amide bonds. The number of fused-ring (bicyclic) bond motifs is 1. The van der Waals surface area contributed by atoms with E-state index in [1.165, 1.54) is 0 Å². The van der Waals surface area contributed by atoms with Crippen molar-refractivity contribution in [1.29, 1.82) is 0 Å². The number of aliphatic carboxylic acids is 1. The van der Waals surface area contributed by atoms with E-state index in [0.29, 0.717) is 43.7 Å². The van der Waals surface area contributed by atoms with Crippen LogP contribution in [0.3, 0.4) is 0 Å². The van der Waals surface area contributed by atoms with Gasteiger partial charge in [-0.15, -0.1) is 0 Å². The van der Waals surface area contributed by atoms with Crippen molar-refractivity contribution in [3.8, 4) is 5.75 Å². The number of amides is 2. The molecule has 26 heavy (non-hydrogen) atoms. The summed E-state index contributed by atoms with van der Waals surface area (Å²) >= 11 is 0. The lowest BCUT2D eigenvalue weighted by Crippen LogP contribution is -2.46. The molecule has 0 spiro atoms. The van der Waals surface area contributed by atoms with Gasteiger partial charge in [-0.1, -0.05) is 12.1 Å². The summed E-state index contributed by atoms with van der Waals surface area (Å²) in [5, 5.41) is 12.0. The Bertz CT molecular complexity index is 697. The van der Waals surface area contributed by atoms with Crippen LogP contribution < -0.4 is 15.0 Å². The highest BCUT2D eigenvalue weighted by Gasteiger charge is 2.32. The molecule has 1 aromatic rings. The fourth-order valence-corrected chi connectivity index (χ4v) is 3.59. The molecule has 1 aliphatic heterocycles. The van der Waals surface area contributed by atoms with Crippen LogP contribution in [0, 0.1) is 5.92 Å². The summed E-state index contributed by atoms with van der Waals surface area (Å²) in [4.78, 5) is 37.3. The van der Waals surface area contributed by atoms with E-state index in [-0.39, 0.29) is 30.2 Å². The molecule has 0 aromatic heterocycles. The highest BCUT2D eigenvalue weighted by atomic mass is 16.5. The van der Waals surface area contributed by atoms with Gasteiger partial charge < -0.3 is 20.1 Å². The van der Waals surface area contributed by atoms with Crippen LogP contribution in [0.5, 0.6) is 5.75 Å². The van der Waals surface area contributed by atoms with E-state index in [2.05, 4.69) is 5.32 Å². The quantitative estimate of drug-likeness (QED) is 0.837. The molecule has 7 nitrogen and oxygen atoms in total. The van der Waals surface area contributed by atoms with Crippen LogP contribution in [0.25, 0.3) is 0 Å². The summed E-state index contributed by atoms with van der Waals surface area (Å²) in [5.74, 6) is -0.681. The van der Waals surface area contributed by atoms with Crippen LogP contribution >= 0.6 is 0 Å². The van der Waals surface area contributed by atoms with Crippen molar-refractivity contribution in [1.82, 2.24) is 5.32 Å². The average Bonchev–Trinajstić information content (AvgIpc) is 2.62. The smallest absolute Gasteiger partial charge is 0.306 e. The van der Waals surface area contributed by atoms with Crippen LogP contribution in [-0.4, -0.2) is 41.6 Å². The SMILES string of the molecule is C[C@@H]1Oc2ccccc2N(CCC(=O)NC2CCC(C(=O)O)CC2)C1=O. The van der Waals surface area contributed by atoms with Gasteiger partial charge in [0.15, 0.2) is 6.10 Å². The molecule has 0 radical (unpaired) electrons. The number of carbonyl (C=O) groups excluding carboxylic acids is 2. The molecule has 0 saturated heterocycles. The predicted molar refractivity (Wildman–Crippen MR) is 95.0 cm³/mol. The van der Waals surface area contributed by atoms with E-state index < -0.39 is 12.1 Å². The Morgan fingerprint density at radius 3 is 2.62 bits per heavy atom. The van der Waals surface area contributed by atoms with Crippen molar-refractivity contribution in [3.05, 3.63) is 24.3 Å². The van der Waals surface area contributed by atoms with Gasteiger partial charge in [-0.05, 0) is 44.7 Å². The van der Waals surface area contributed by atoms with Crippen molar-refractivity contribution in [2.24, 2.45) is 5.92 Å². The number of ether oxygens (including phenoxy) is 1. The molecule has 7 heteroatoms. The number of benzene rings is 1. The molecule has 1 aliphatic carbocycles. The van der Waals surface area contributed by atoms with Gasteiger partial charge in [-0.2, -0.15) is 0 Å². The topological polar surface area (TPSA) is 95.9 Å². The highest BCUT2D eigenvalue weighted by Crippen LogP contribution is 2.33. The molecular formula is C19H24N2O5. The lowest BCUT2D eigenvalue weighted by Gasteiger charge is -2.33. The summed E-state index contributed by atoms with van der Waals surface area (Å²) in [6.45, 7) is 1.99. The zero-order valence-electron chi connectivity index (χ0n) is 14.8. The minimum absolute atomic E-state index is 0.0182. The van der Waals surface area contributed by atoms with Crippen molar-refractivity contribution in [2.45, 2.75) is 51.2 Å². The van der Waals surface area contributed by atoms with Gasteiger partial charge in [0.25, 0.3) is 5.91 Å². The second kappa shape index (κ2) is 7.76. The van der Waals surface area contributed by atoms with E-state index in [1.54, 1.807) is 11.8 Å². The molecule has 2 N–H and O–H groups in total. The third kappa shape index (κ3) is 3.98. The number of nitrogens with zero attached hydrogens (tertiary/aromatic N) is 1. The maximum Gasteiger partial charge on any atom is 0.306 e. The summed E-state index contributed by atoms with van der Waals surface area (Å²) in [6, 6.07) is 7.32. The Balaban J connectivity index is 1.53. The fourth-order valence-electron chi connectivity index (χ4n) is 3.59. The van der Waals surface area contributed by atoms with Crippen LogP contribution in [-0.2, 0) is 14.4 Å². The van der Waals surface area contributed by atoms with Crippen LogP contribution in [0.15, 0.2) is 24.3 Å². The van der Waals surface area contributed by atoms with Gasteiger partial charge in [0.2, 0.25) is 5.91 Å². The number of anilines is 1. The van der Waals surface area contributed by atoms with E-state index >= 15 is 0 Å². The molecule has 140 valence electrons. The van der Waals surface area contributed by atoms with Crippen molar-refractivity contribution >= 4 is 23.5 Å². The zero-order chi connectivity index (χ0) is 18.7. The number of para-hydroxylation sites is 2. The lowest BCUT2D eigenvalue weighted by molar-refractivity contribution is -0.142. The molecule has 1 atom stereocenters. The van der Waals surface area contributed by atoms with Crippen LogP contribution in [0.1, 0.15) is 39.0 Å². The van der Waals surface area contributed by atoms with Crippen molar-refractivity contribution < 1.29 is 24.2 Å². The Morgan fingerprint density at radius 1 is 1.23 bits per heavy atom. The molecule has 0 unspecified atom stereocenters. The van der Waals surface area contributed by atoms with Gasteiger partial charge in [0, 0.05) is 19.0 Å². The van der Waals surface area contributed by atoms with E-state index in [4.69, 9.17) is 9.84 Å². The Kier molecular flexibility index (Phi) is 5.44. The summed E-state index contributed by atoms with van der Waals surface area (Å²) in [5.41, 5.74) is 0.686. The normalized spacial score (nSPS) is 25.2. The Labute approximate surface area is 152 Å². The summed E-state index contributed by atoms with van der Waals surface area (Å²) in [6.07, 6.45) is 2.17. The van der Waals surface area contributed by atoms with E-state index in [0.717, 1.165) is 0 Å². The van der Waals surface area contributed by atoms with E-state index in [1.807, 2.05) is 24.3 Å². The second-order valence-electron chi connectivity index (χ2n) is 6.92. The first-order valence-corrected chi connectivity index (χ1v) is 9.05.